The molecule has 0 saturated carbocycles. The summed E-state index contributed by atoms with van der Waals surface area (Å²) in [6, 6.07) is 4.10. The van der Waals surface area contributed by atoms with Crippen LogP contribution in [0.2, 0.25) is 0 Å². The van der Waals surface area contributed by atoms with Crippen molar-refractivity contribution in [2.75, 3.05) is 59.5 Å². The molecule has 0 radical (unpaired) electrons. The van der Waals surface area contributed by atoms with Gasteiger partial charge in [-0.1, -0.05) is 13.0 Å². The number of benzene rings is 1. The van der Waals surface area contributed by atoms with Crippen LogP contribution < -0.4 is 5.32 Å². The molecule has 2 fully saturated rings. The molecule has 0 aliphatic carbocycles. The molecule has 5 nitrogen and oxygen atoms in total. The smallest absolute Gasteiger partial charge is 0.193 e. The lowest BCUT2D eigenvalue weighted by atomic mass is 10.0. The monoisotopic (exact) mass is 380 g/mol. The molecule has 1 N–H and O–H groups in total. The summed E-state index contributed by atoms with van der Waals surface area (Å²) in [6.07, 6.45) is 1.16. The highest BCUT2D eigenvalue weighted by Crippen LogP contribution is 2.20. The van der Waals surface area contributed by atoms with Gasteiger partial charge < -0.3 is 15.0 Å². The van der Waals surface area contributed by atoms with Crippen molar-refractivity contribution in [1.29, 1.82) is 0 Å². The average Bonchev–Trinajstić information content (AvgIpc) is 3.13. The van der Waals surface area contributed by atoms with E-state index in [0.29, 0.717) is 12.5 Å². The quantitative estimate of drug-likeness (QED) is 0.629. The minimum absolute atomic E-state index is 0.0589. The minimum atomic E-state index is -0.807. The lowest BCUT2D eigenvalue weighted by molar-refractivity contribution is 0.0315. The van der Waals surface area contributed by atoms with Crippen LogP contribution in [-0.4, -0.2) is 75.3 Å². The minimum Gasteiger partial charge on any atom is -0.379 e. The second-order valence-electron chi connectivity index (χ2n) is 7.52. The van der Waals surface area contributed by atoms with Gasteiger partial charge in [0.2, 0.25) is 0 Å². The van der Waals surface area contributed by atoms with Crippen LogP contribution in [0, 0.1) is 17.6 Å². The van der Waals surface area contributed by atoms with Crippen molar-refractivity contribution in [3.63, 3.8) is 0 Å². The Morgan fingerprint density at radius 3 is 2.74 bits per heavy atom. The molecular weight excluding hydrogens is 350 g/mol. The van der Waals surface area contributed by atoms with E-state index >= 15 is 0 Å². The number of hydrogen-bond donors (Lipinski definition) is 1. The molecule has 0 spiro atoms. The molecule has 3 rings (SSSR count). The highest BCUT2D eigenvalue weighted by molar-refractivity contribution is 5.80. The zero-order chi connectivity index (χ0) is 19.2. The van der Waals surface area contributed by atoms with Gasteiger partial charge in [0.25, 0.3) is 0 Å². The average molecular weight is 380 g/mol. The second-order valence-corrected chi connectivity index (χ2v) is 7.52. The van der Waals surface area contributed by atoms with Gasteiger partial charge in [0, 0.05) is 46.3 Å². The number of morpholine rings is 1. The largest absolute Gasteiger partial charge is 0.379 e. The van der Waals surface area contributed by atoms with E-state index < -0.39 is 11.6 Å². The van der Waals surface area contributed by atoms with Gasteiger partial charge in [0.15, 0.2) is 17.6 Å². The van der Waals surface area contributed by atoms with Crippen LogP contribution in [0.25, 0.3) is 0 Å². The highest BCUT2D eigenvalue weighted by Gasteiger charge is 2.27. The van der Waals surface area contributed by atoms with Gasteiger partial charge in [0.05, 0.1) is 13.2 Å². The first kappa shape index (κ1) is 20.0. The Morgan fingerprint density at radius 2 is 2.04 bits per heavy atom. The van der Waals surface area contributed by atoms with Crippen molar-refractivity contribution in [3.8, 4) is 0 Å². The van der Waals surface area contributed by atoms with E-state index in [1.165, 1.54) is 12.1 Å². The number of likely N-dealkylation sites (tertiary alicyclic amines) is 1. The Balaban J connectivity index is 1.48. The van der Waals surface area contributed by atoms with Gasteiger partial charge in [-0.05, 0) is 36.0 Å². The van der Waals surface area contributed by atoms with Crippen LogP contribution in [0.5, 0.6) is 0 Å². The first-order chi connectivity index (χ1) is 13.1. The van der Waals surface area contributed by atoms with Crippen molar-refractivity contribution < 1.29 is 13.5 Å². The van der Waals surface area contributed by atoms with Gasteiger partial charge in [-0.2, -0.15) is 0 Å². The molecule has 2 aliphatic rings. The van der Waals surface area contributed by atoms with Crippen LogP contribution in [-0.2, 0) is 4.74 Å². The van der Waals surface area contributed by atoms with Crippen molar-refractivity contribution in [2.24, 2.45) is 10.9 Å². The first-order valence-corrected chi connectivity index (χ1v) is 9.77. The molecule has 2 unspecified atom stereocenters. The number of aliphatic imine (C=N–C) groups is 1. The fourth-order valence-electron chi connectivity index (χ4n) is 3.84. The Bertz CT molecular complexity index is 649. The molecule has 2 aliphatic heterocycles. The Hall–Kier alpha value is -1.73. The van der Waals surface area contributed by atoms with Gasteiger partial charge in [-0.3, -0.25) is 9.89 Å². The maximum atomic E-state index is 13.4. The standard InChI is InChI=1S/C20H30F2N4O/c1-15(17-3-4-18(21)19(22)11-17)12-24-20(23-2)26-6-5-16(14-26)13-25-7-9-27-10-8-25/h3-4,11,15-16H,5-10,12-14H2,1-2H3,(H,23,24). The Labute approximate surface area is 160 Å². The molecular formula is C20H30F2N4O. The Kier molecular flexibility index (Phi) is 7.01. The van der Waals surface area contributed by atoms with Crippen LogP contribution in [0.1, 0.15) is 24.8 Å². The highest BCUT2D eigenvalue weighted by atomic mass is 19.2. The lowest BCUT2D eigenvalue weighted by Crippen LogP contribution is -2.43. The normalized spacial score (nSPS) is 22.9. The second kappa shape index (κ2) is 9.46. The number of halogens is 2. The Morgan fingerprint density at radius 1 is 1.26 bits per heavy atom. The van der Waals surface area contributed by atoms with Crippen molar-refractivity contribution >= 4 is 5.96 Å². The first-order valence-electron chi connectivity index (χ1n) is 9.77. The molecule has 27 heavy (non-hydrogen) atoms. The van der Waals surface area contributed by atoms with Crippen LogP contribution in [0.15, 0.2) is 23.2 Å². The van der Waals surface area contributed by atoms with Gasteiger partial charge in [-0.15, -0.1) is 0 Å². The van der Waals surface area contributed by atoms with E-state index in [-0.39, 0.29) is 5.92 Å². The van der Waals surface area contributed by atoms with Crippen molar-refractivity contribution in [1.82, 2.24) is 15.1 Å². The number of nitrogens with one attached hydrogen (secondary N) is 1. The summed E-state index contributed by atoms with van der Waals surface area (Å²) < 4.78 is 32.0. The van der Waals surface area contributed by atoms with E-state index in [9.17, 15) is 8.78 Å². The maximum absolute atomic E-state index is 13.4. The summed E-state index contributed by atoms with van der Waals surface area (Å²) in [4.78, 5) is 9.19. The SMILES string of the molecule is CN=C(NCC(C)c1ccc(F)c(F)c1)N1CCC(CN2CCOCC2)C1. The molecule has 2 saturated heterocycles. The summed E-state index contributed by atoms with van der Waals surface area (Å²) in [5.41, 5.74) is 0.781. The topological polar surface area (TPSA) is 40.1 Å². The van der Waals surface area contributed by atoms with Crippen molar-refractivity contribution in [3.05, 3.63) is 35.4 Å². The summed E-state index contributed by atoms with van der Waals surface area (Å²) in [6.45, 7) is 9.45. The fourth-order valence-corrected chi connectivity index (χ4v) is 3.84. The van der Waals surface area contributed by atoms with Crippen LogP contribution in [0.4, 0.5) is 8.78 Å². The van der Waals surface area contributed by atoms with E-state index in [1.54, 1.807) is 13.1 Å². The maximum Gasteiger partial charge on any atom is 0.193 e. The molecule has 7 heteroatoms. The number of nitrogens with zero attached hydrogens (tertiary/aromatic N) is 3. The fraction of sp³-hybridized carbons (Fsp3) is 0.650. The van der Waals surface area contributed by atoms with Gasteiger partial charge in [-0.25, -0.2) is 8.78 Å². The van der Waals surface area contributed by atoms with Gasteiger partial charge >= 0.3 is 0 Å². The summed E-state index contributed by atoms with van der Waals surface area (Å²) in [7, 11) is 1.79. The third kappa shape index (κ3) is 5.39. The number of ether oxygens (including phenoxy) is 1. The number of guanidine groups is 1. The molecule has 1 aromatic rings. The van der Waals surface area contributed by atoms with E-state index in [4.69, 9.17) is 4.74 Å². The molecule has 1 aromatic carbocycles. The van der Waals surface area contributed by atoms with Crippen LogP contribution >= 0.6 is 0 Å². The van der Waals surface area contributed by atoms with Gasteiger partial charge in [0.1, 0.15) is 0 Å². The zero-order valence-electron chi connectivity index (χ0n) is 16.3. The summed E-state index contributed by atoms with van der Waals surface area (Å²) in [5, 5.41) is 3.39. The van der Waals surface area contributed by atoms with Crippen LogP contribution in [0.3, 0.4) is 0 Å². The molecule has 2 heterocycles. The predicted molar refractivity (Wildman–Crippen MR) is 103 cm³/mol. The molecule has 2 atom stereocenters. The van der Waals surface area contributed by atoms with Crippen molar-refractivity contribution in [2.45, 2.75) is 19.3 Å². The predicted octanol–water partition coefficient (Wildman–Crippen LogP) is 2.30. The third-order valence-corrected chi connectivity index (χ3v) is 5.50. The number of hydrogen-bond acceptors (Lipinski definition) is 3. The van der Waals surface area contributed by atoms with E-state index in [2.05, 4.69) is 20.1 Å². The molecule has 150 valence electrons. The van der Waals surface area contributed by atoms with E-state index in [1.807, 2.05) is 6.92 Å². The molecule has 0 aromatic heterocycles. The number of rotatable bonds is 5. The molecule has 0 amide bonds. The summed E-state index contributed by atoms with van der Waals surface area (Å²) >= 11 is 0. The lowest BCUT2D eigenvalue weighted by Gasteiger charge is -2.29. The molecule has 0 bridgehead atoms. The third-order valence-electron chi connectivity index (χ3n) is 5.50. The zero-order valence-corrected chi connectivity index (χ0v) is 16.3. The van der Waals surface area contributed by atoms with E-state index in [0.717, 1.165) is 63.9 Å². The summed E-state index contributed by atoms with van der Waals surface area (Å²) in [5.74, 6) is -0.0184.